The number of benzene rings is 2. The number of methoxy groups -OCH3 is 1. The minimum absolute atomic E-state index is 0.534. The van der Waals surface area contributed by atoms with Crippen molar-refractivity contribution in [3.05, 3.63) is 66.9 Å². The van der Waals surface area contributed by atoms with Crippen LogP contribution < -0.4 is 15.0 Å². The lowest BCUT2D eigenvalue weighted by Crippen LogP contribution is -2.17. The van der Waals surface area contributed by atoms with Crippen molar-refractivity contribution < 1.29 is 4.74 Å². The van der Waals surface area contributed by atoms with E-state index in [1.165, 1.54) is 0 Å². The van der Waals surface area contributed by atoms with Crippen molar-refractivity contribution in [1.29, 1.82) is 0 Å². The molecule has 1 aromatic heterocycles. The second kappa shape index (κ2) is 7.46. The highest BCUT2D eigenvalue weighted by Gasteiger charge is 2.10. The van der Waals surface area contributed by atoms with Crippen molar-refractivity contribution in [3.8, 4) is 5.75 Å². The lowest BCUT2D eigenvalue weighted by Gasteiger charge is -2.22. The zero-order valence-electron chi connectivity index (χ0n) is 13.8. The predicted molar refractivity (Wildman–Crippen MR) is 97.4 cm³/mol. The van der Waals surface area contributed by atoms with Gasteiger partial charge >= 0.3 is 0 Å². The number of nitrogens with zero attached hydrogens (tertiary/aromatic N) is 3. The summed E-state index contributed by atoms with van der Waals surface area (Å²) in [5.74, 6) is 2.13. The van der Waals surface area contributed by atoms with Gasteiger partial charge in [-0.1, -0.05) is 30.3 Å². The van der Waals surface area contributed by atoms with E-state index in [4.69, 9.17) is 4.74 Å². The van der Waals surface area contributed by atoms with Crippen LogP contribution in [0.4, 0.5) is 23.1 Å². The van der Waals surface area contributed by atoms with E-state index in [9.17, 15) is 0 Å². The zero-order valence-corrected chi connectivity index (χ0v) is 13.8. The number of nitrogens with one attached hydrogen (secondary N) is 1. The van der Waals surface area contributed by atoms with Crippen LogP contribution in [0, 0.1) is 0 Å². The number of ether oxygens (including phenoxy) is 1. The average Bonchev–Trinajstić information content (AvgIpc) is 2.64. The van der Waals surface area contributed by atoms with Gasteiger partial charge in [0.15, 0.2) is 0 Å². The van der Waals surface area contributed by atoms with Gasteiger partial charge in [-0.05, 0) is 37.3 Å². The Morgan fingerprint density at radius 2 is 1.75 bits per heavy atom. The summed E-state index contributed by atoms with van der Waals surface area (Å²) < 4.78 is 5.36. The highest BCUT2D eigenvalue weighted by Crippen LogP contribution is 2.27. The molecular weight excluding hydrogens is 300 g/mol. The Kier molecular flexibility index (Phi) is 4.91. The summed E-state index contributed by atoms with van der Waals surface area (Å²) in [5, 5.41) is 3.22. The third kappa shape index (κ3) is 3.46. The molecule has 0 radical (unpaired) electrons. The van der Waals surface area contributed by atoms with E-state index in [-0.39, 0.29) is 0 Å². The highest BCUT2D eigenvalue weighted by molar-refractivity contribution is 5.65. The summed E-state index contributed by atoms with van der Waals surface area (Å²) >= 11 is 0. The molecule has 24 heavy (non-hydrogen) atoms. The number of aromatic nitrogens is 2. The Morgan fingerprint density at radius 3 is 2.50 bits per heavy atom. The molecule has 3 aromatic rings. The van der Waals surface area contributed by atoms with Crippen LogP contribution in [0.2, 0.25) is 0 Å². The minimum Gasteiger partial charge on any atom is -0.495 e. The maximum Gasteiger partial charge on any atom is 0.229 e. The molecule has 0 unspecified atom stereocenters. The van der Waals surface area contributed by atoms with Crippen molar-refractivity contribution in [2.75, 3.05) is 23.9 Å². The first-order valence-electron chi connectivity index (χ1n) is 7.87. The van der Waals surface area contributed by atoms with E-state index in [1.54, 1.807) is 13.3 Å². The van der Waals surface area contributed by atoms with E-state index in [2.05, 4.69) is 39.2 Å². The predicted octanol–water partition coefficient (Wildman–Crippen LogP) is 4.39. The Balaban J connectivity index is 1.89. The second-order valence-corrected chi connectivity index (χ2v) is 5.14. The lowest BCUT2D eigenvalue weighted by molar-refractivity contribution is 0.417. The quantitative estimate of drug-likeness (QED) is 0.730. The van der Waals surface area contributed by atoms with Crippen LogP contribution in [0.15, 0.2) is 66.9 Å². The third-order valence-electron chi connectivity index (χ3n) is 3.65. The van der Waals surface area contributed by atoms with Crippen molar-refractivity contribution in [2.24, 2.45) is 0 Å². The number of hydrogen-bond donors (Lipinski definition) is 1. The van der Waals surface area contributed by atoms with Crippen molar-refractivity contribution in [1.82, 2.24) is 9.97 Å². The maximum absolute atomic E-state index is 5.36. The molecular formula is C19H20N4O. The first kappa shape index (κ1) is 15.8. The normalized spacial score (nSPS) is 10.2. The van der Waals surface area contributed by atoms with Gasteiger partial charge < -0.3 is 15.0 Å². The van der Waals surface area contributed by atoms with Gasteiger partial charge in [-0.15, -0.1) is 0 Å². The Labute approximate surface area is 142 Å². The molecule has 1 N–H and O–H groups in total. The third-order valence-corrected chi connectivity index (χ3v) is 3.65. The van der Waals surface area contributed by atoms with Gasteiger partial charge in [-0.3, -0.25) is 0 Å². The summed E-state index contributed by atoms with van der Waals surface area (Å²) in [4.78, 5) is 11.1. The first-order valence-corrected chi connectivity index (χ1v) is 7.87. The number of para-hydroxylation sites is 3. The minimum atomic E-state index is 0.534. The van der Waals surface area contributed by atoms with E-state index in [1.807, 2.05) is 48.5 Å². The van der Waals surface area contributed by atoms with Crippen LogP contribution in [0.5, 0.6) is 5.75 Å². The fourth-order valence-corrected chi connectivity index (χ4v) is 2.51. The van der Waals surface area contributed by atoms with Gasteiger partial charge in [0.1, 0.15) is 11.6 Å². The largest absolute Gasteiger partial charge is 0.495 e. The van der Waals surface area contributed by atoms with E-state index in [0.29, 0.717) is 5.95 Å². The molecule has 0 aliphatic carbocycles. The van der Waals surface area contributed by atoms with Gasteiger partial charge in [0.2, 0.25) is 5.95 Å². The van der Waals surface area contributed by atoms with Gasteiger partial charge in [-0.25, -0.2) is 4.98 Å². The number of anilines is 4. The van der Waals surface area contributed by atoms with Crippen LogP contribution >= 0.6 is 0 Å². The van der Waals surface area contributed by atoms with Crippen LogP contribution in [0.25, 0.3) is 0 Å². The highest BCUT2D eigenvalue weighted by atomic mass is 16.5. The molecule has 122 valence electrons. The van der Waals surface area contributed by atoms with E-state index < -0.39 is 0 Å². The molecule has 0 saturated heterocycles. The Bertz CT molecular complexity index is 792. The van der Waals surface area contributed by atoms with Crippen LogP contribution in [-0.4, -0.2) is 23.6 Å². The van der Waals surface area contributed by atoms with Crippen LogP contribution in [0.3, 0.4) is 0 Å². The van der Waals surface area contributed by atoms with Crippen molar-refractivity contribution in [3.63, 3.8) is 0 Å². The fraction of sp³-hybridized carbons (Fsp3) is 0.158. The summed E-state index contributed by atoms with van der Waals surface area (Å²) in [6, 6.07) is 19.8. The van der Waals surface area contributed by atoms with Crippen LogP contribution in [-0.2, 0) is 0 Å². The van der Waals surface area contributed by atoms with Crippen molar-refractivity contribution in [2.45, 2.75) is 6.92 Å². The topological polar surface area (TPSA) is 50.3 Å². The summed E-state index contributed by atoms with van der Waals surface area (Å²) in [6.45, 7) is 2.91. The molecule has 0 atom stereocenters. The monoisotopic (exact) mass is 320 g/mol. The Morgan fingerprint density at radius 1 is 1.00 bits per heavy atom. The number of rotatable bonds is 6. The van der Waals surface area contributed by atoms with Gasteiger partial charge in [0.25, 0.3) is 0 Å². The molecule has 5 heteroatoms. The molecule has 1 heterocycles. The summed E-state index contributed by atoms with van der Waals surface area (Å²) in [5.41, 5.74) is 1.93. The fourth-order valence-electron chi connectivity index (χ4n) is 2.51. The van der Waals surface area contributed by atoms with Gasteiger partial charge in [0, 0.05) is 18.4 Å². The molecule has 2 aromatic carbocycles. The van der Waals surface area contributed by atoms with Crippen LogP contribution in [0.1, 0.15) is 6.92 Å². The SMILES string of the molecule is CCN(c1ccccc1)c1ccnc(Nc2ccccc2OC)n1. The molecule has 5 nitrogen and oxygen atoms in total. The average molecular weight is 320 g/mol. The number of hydrogen-bond acceptors (Lipinski definition) is 5. The molecule has 0 fully saturated rings. The summed E-state index contributed by atoms with van der Waals surface area (Å²) in [7, 11) is 1.64. The molecule has 0 bridgehead atoms. The van der Waals surface area contributed by atoms with Gasteiger partial charge in [-0.2, -0.15) is 4.98 Å². The Hall–Kier alpha value is -3.08. The first-order chi connectivity index (χ1) is 11.8. The molecule has 0 saturated carbocycles. The second-order valence-electron chi connectivity index (χ2n) is 5.14. The zero-order chi connectivity index (χ0) is 16.8. The van der Waals surface area contributed by atoms with E-state index in [0.717, 1.165) is 29.5 Å². The molecule has 0 spiro atoms. The van der Waals surface area contributed by atoms with Crippen molar-refractivity contribution >= 4 is 23.1 Å². The van der Waals surface area contributed by atoms with E-state index >= 15 is 0 Å². The maximum atomic E-state index is 5.36. The van der Waals surface area contributed by atoms with Gasteiger partial charge in [0.05, 0.1) is 12.8 Å². The molecule has 3 rings (SSSR count). The molecule has 0 aliphatic heterocycles. The lowest BCUT2D eigenvalue weighted by atomic mass is 10.3. The standard InChI is InChI=1S/C19H20N4O/c1-3-23(15-9-5-4-6-10-15)18-13-14-20-19(22-18)21-16-11-7-8-12-17(16)24-2/h4-14H,3H2,1-2H3,(H,20,21,22). The molecule has 0 amide bonds. The molecule has 0 aliphatic rings. The summed E-state index contributed by atoms with van der Waals surface area (Å²) in [6.07, 6.45) is 1.76. The smallest absolute Gasteiger partial charge is 0.229 e.